The number of carbonyl (C=O) groups excluding carboxylic acids is 3. The number of amides is 2. The molecule has 0 aliphatic rings. The number of nitrogens with one attached hydrogen (secondary N) is 2. The minimum absolute atomic E-state index is 0.0720. The molecule has 0 bridgehead atoms. The van der Waals surface area contributed by atoms with Gasteiger partial charge in [0.1, 0.15) is 0 Å². The SMILES string of the molecule is CC(NC(=O)CCCCC(NC(=O)C[NH3+])C(=O)[O-])[P+](=O)[O-]. The van der Waals surface area contributed by atoms with Crippen LogP contribution in [0.2, 0.25) is 0 Å². The van der Waals surface area contributed by atoms with Gasteiger partial charge in [0.2, 0.25) is 11.7 Å². The molecule has 0 saturated carbocycles. The van der Waals surface area contributed by atoms with E-state index in [1.807, 2.05) is 0 Å². The van der Waals surface area contributed by atoms with Gasteiger partial charge in [-0.1, -0.05) is 11.0 Å². The van der Waals surface area contributed by atoms with Gasteiger partial charge in [-0.2, -0.15) is 0 Å². The summed E-state index contributed by atoms with van der Waals surface area (Å²) in [6, 6.07) is -1.11. The van der Waals surface area contributed by atoms with Crippen LogP contribution >= 0.6 is 8.03 Å². The van der Waals surface area contributed by atoms with Gasteiger partial charge in [-0.25, -0.2) is 0 Å². The predicted molar refractivity (Wildman–Crippen MR) is 68.4 cm³/mol. The molecule has 0 spiro atoms. The third-order valence-electron chi connectivity index (χ3n) is 2.68. The Balaban J connectivity index is 4.00. The molecule has 0 heterocycles. The van der Waals surface area contributed by atoms with Gasteiger partial charge in [0.25, 0.3) is 5.91 Å². The molecule has 0 aromatic heterocycles. The van der Waals surface area contributed by atoms with Crippen molar-refractivity contribution in [2.75, 3.05) is 6.54 Å². The molecule has 120 valence electrons. The zero-order valence-electron chi connectivity index (χ0n) is 11.8. The smallest absolute Gasteiger partial charge is 0.333 e. The quantitative estimate of drug-likeness (QED) is 0.280. The second-order valence-electron chi connectivity index (χ2n) is 4.46. The molecule has 0 aliphatic carbocycles. The van der Waals surface area contributed by atoms with Gasteiger partial charge in [-0.05, 0) is 12.8 Å². The molecule has 0 fully saturated rings. The minimum Gasteiger partial charge on any atom is -0.594 e. The van der Waals surface area contributed by atoms with E-state index in [9.17, 15) is 28.9 Å². The molecule has 0 rings (SSSR count). The summed E-state index contributed by atoms with van der Waals surface area (Å²) in [7, 11) is -2.72. The third-order valence-corrected chi connectivity index (χ3v) is 3.44. The van der Waals surface area contributed by atoms with Gasteiger partial charge in [-0.15, -0.1) is 0 Å². The number of carbonyl (C=O) groups is 3. The molecule has 3 unspecified atom stereocenters. The number of quaternary nitrogens is 1. The fourth-order valence-corrected chi connectivity index (χ4v) is 1.76. The average Bonchev–Trinajstić information content (AvgIpc) is 2.41. The molecule has 0 aromatic carbocycles. The Labute approximate surface area is 123 Å². The molecule has 9 nitrogen and oxygen atoms in total. The highest BCUT2D eigenvalue weighted by Gasteiger charge is 2.17. The predicted octanol–water partition coefficient (Wildman–Crippen LogP) is -3.41. The Kier molecular flexibility index (Phi) is 9.44. The number of carboxylic acids is 1. The summed E-state index contributed by atoms with van der Waals surface area (Å²) in [5, 5.41) is 15.4. The second kappa shape index (κ2) is 10.2. The molecule has 10 heteroatoms. The van der Waals surface area contributed by atoms with Crippen LogP contribution in [0.25, 0.3) is 0 Å². The molecular weight excluding hydrogens is 301 g/mol. The van der Waals surface area contributed by atoms with Gasteiger partial charge in [0.05, 0.1) is 12.0 Å². The third kappa shape index (κ3) is 9.06. The van der Waals surface area contributed by atoms with Crippen molar-refractivity contribution >= 4 is 25.8 Å². The monoisotopic (exact) mass is 321 g/mol. The maximum Gasteiger partial charge on any atom is 0.333 e. The van der Waals surface area contributed by atoms with Crippen molar-refractivity contribution < 1.29 is 34.7 Å². The number of rotatable bonds is 10. The lowest BCUT2D eigenvalue weighted by Gasteiger charge is -2.18. The first-order chi connectivity index (χ1) is 9.77. The van der Waals surface area contributed by atoms with Crippen molar-refractivity contribution in [3.63, 3.8) is 0 Å². The summed E-state index contributed by atoms with van der Waals surface area (Å²) in [6.07, 6.45) is 0.961. The van der Waals surface area contributed by atoms with Gasteiger partial charge in [0.15, 0.2) is 6.54 Å². The van der Waals surface area contributed by atoms with E-state index >= 15 is 0 Å². The molecule has 3 atom stereocenters. The molecule has 0 saturated heterocycles. The lowest BCUT2D eigenvalue weighted by Crippen LogP contribution is -2.60. The highest BCUT2D eigenvalue weighted by molar-refractivity contribution is 7.37. The summed E-state index contributed by atoms with van der Waals surface area (Å²) in [6.45, 7) is 1.28. The maximum atomic E-state index is 11.4. The highest BCUT2D eigenvalue weighted by Crippen LogP contribution is 2.14. The van der Waals surface area contributed by atoms with Gasteiger partial charge < -0.3 is 31.2 Å². The topological polar surface area (TPSA) is 166 Å². The van der Waals surface area contributed by atoms with Crippen LogP contribution < -0.4 is 26.4 Å². The zero-order valence-corrected chi connectivity index (χ0v) is 12.7. The normalized spacial score (nSPS) is 14.0. The van der Waals surface area contributed by atoms with Crippen molar-refractivity contribution in [1.82, 2.24) is 10.6 Å². The van der Waals surface area contributed by atoms with E-state index in [0.717, 1.165) is 0 Å². The van der Waals surface area contributed by atoms with Crippen LogP contribution in [0.15, 0.2) is 0 Å². The number of hydrogen-bond donors (Lipinski definition) is 3. The summed E-state index contributed by atoms with van der Waals surface area (Å²) in [5.74, 6) is -3.23. The molecule has 2 amide bonds. The van der Waals surface area contributed by atoms with Crippen LogP contribution in [0.1, 0.15) is 32.6 Å². The molecule has 0 aromatic rings. The molecule has 21 heavy (non-hydrogen) atoms. The molecule has 5 N–H and O–H groups in total. The van der Waals surface area contributed by atoms with Crippen molar-refractivity contribution in [3.05, 3.63) is 0 Å². The Hall–Kier alpha value is -1.57. The van der Waals surface area contributed by atoms with Gasteiger partial charge in [0, 0.05) is 13.3 Å². The fourth-order valence-electron chi connectivity index (χ4n) is 1.51. The van der Waals surface area contributed by atoms with Crippen LogP contribution in [0.3, 0.4) is 0 Å². The summed E-state index contributed by atoms with van der Waals surface area (Å²) >= 11 is 0. The first kappa shape index (κ1) is 19.4. The van der Waals surface area contributed by atoms with E-state index in [-0.39, 0.29) is 19.4 Å². The van der Waals surface area contributed by atoms with Gasteiger partial charge in [-0.3, -0.25) is 9.59 Å². The Bertz CT molecular complexity index is 403. The zero-order chi connectivity index (χ0) is 16.4. The average molecular weight is 321 g/mol. The minimum atomic E-state index is -2.72. The molecule has 0 radical (unpaired) electrons. The van der Waals surface area contributed by atoms with Crippen molar-refractivity contribution in [2.24, 2.45) is 0 Å². The lowest BCUT2D eigenvalue weighted by atomic mass is 10.1. The fraction of sp³-hybridized carbons (Fsp3) is 0.727. The van der Waals surface area contributed by atoms with Crippen LogP contribution in [0.5, 0.6) is 0 Å². The van der Waals surface area contributed by atoms with E-state index in [2.05, 4.69) is 16.4 Å². The van der Waals surface area contributed by atoms with Crippen LogP contribution in [-0.2, 0) is 18.9 Å². The summed E-state index contributed by atoms with van der Waals surface area (Å²) in [5.41, 5.74) is 3.33. The summed E-state index contributed by atoms with van der Waals surface area (Å²) in [4.78, 5) is 43.8. The first-order valence-corrected chi connectivity index (χ1v) is 7.75. The van der Waals surface area contributed by atoms with Crippen molar-refractivity contribution in [3.8, 4) is 0 Å². The number of aliphatic carboxylic acids is 1. The maximum absolute atomic E-state index is 11.4. The van der Waals surface area contributed by atoms with Gasteiger partial charge >= 0.3 is 8.03 Å². The van der Waals surface area contributed by atoms with Crippen LogP contribution in [0, 0.1) is 0 Å². The standard InChI is InChI=1S/C11H20N3O6P/c1-7(21(19)20)13-9(15)5-3-2-4-8(11(17)18)14-10(16)6-12/h7-8H,2-6,12H2,1H3,(H,13,15)(H,14,16)(H,17,18). The lowest BCUT2D eigenvalue weighted by molar-refractivity contribution is -0.355. The van der Waals surface area contributed by atoms with E-state index < -0.39 is 37.6 Å². The number of hydrogen-bond acceptors (Lipinski definition) is 6. The van der Waals surface area contributed by atoms with E-state index in [1.54, 1.807) is 0 Å². The number of unbranched alkanes of at least 4 members (excludes halogenated alkanes) is 1. The van der Waals surface area contributed by atoms with Crippen LogP contribution in [-0.4, -0.2) is 36.2 Å². The highest BCUT2D eigenvalue weighted by atomic mass is 31.1. The Morgan fingerprint density at radius 3 is 2.29 bits per heavy atom. The molecule has 0 aliphatic heterocycles. The first-order valence-electron chi connectivity index (χ1n) is 6.50. The van der Waals surface area contributed by atoms with Crippen molar-refractivity contribution in [2.45, 2.75) is 44.4 Å². The Morgan fingerprint density at radius 1 is 1.19 bits per heavy atom. The Morgan fingerprint density at radius 2 is 1.81 bits per heavy atom. The summed E-state index contributed by atoms with van der Waals surface area (Å²) < 4.78 is 10.6. The van der Waals surface area contributed by atoms with E-state index in [0.29, 0.717) is 12.8 Å². The second-order valence-corrected chi connectivity index (χ2v) is 5.81. The van der Waals surface area contributed by atoms with Crippen molar-refractivity contribution in [1.29, 1.82) is 0 Å². The van der Waals surface area contributed by atoms with E-state index in [1.165, 1.54) is 6.92 Å². The number of carboxylic acid groups (broad SMARTS) is 1. The van der Waals surface area contributed by atoms with E-state index in [4.69, 9.17) is 0 Å². The van der Waals surface area contributed by atoms with Crippen LogP contribution in [0.4, 0.5) is 0 Å². The largest absolute Gasteiger partial charge is 0.594 e. The molecular formula is C11H20N3O6P.